The van der Waals surface area contributed by atoms with E-state index in [-0.39, 0.29) is 11.9 Å². The van der Waals surface area contributed by atoms with Crippen LogP contribution in [-0.4, -0.2) is 55.7 Å². The molecule has 177 valence electrons. The molecule has 1 aromatic carbocycles. The van der Waals surface area contributed by atoms with E-state index in [1.54, 1.807) is 21.3 Å². The normalized spacial score (nSPS) is 18.8. The Labute approximate surface area is 201 Å². The number of aromatic nitrogens is 3. The van der Waals surface area contributed by atoms with Gasteiger partial charge in [-0.3, -0.25) is 4.79 Å². The Bertz CT molecular complexity index is 1240. The van der Waals surface area contributed by atoms with E-state index in [1.807, 2.05) is 41.5 Å². The number of carbonyl (C=O) groups is 1. The van der Waals surface area contributed by atoms with Gasteiger partial charge in [-0.05, 0) is 77.1 Å². The molecule has 1 amide bonds. The van der Waals surface area contributed by atoms with Gasteiger partial charge < -0.3 is 14.7 Å². The standard InChI is InChI=1S/C26H32BN4O3/c1-16-19-9-7-6-8-17(19)12-13-30(16)24(32)20-14-21(18-10-11-18)31-23(28-20)15-22(29-31)27-34-26(4,5)25(2,3)33/h6-9,14-16,18,33H,10-13H2,1-5H3/t16-/m1/s1. The number of fused-ring (bicyclic) bond motifs is 2. The van der Waals surface area contributed by atoms with Gasteiger partial charge in [0.15, 0.2) is 5.65 Å². The summed E-state index contributed by atoms with van der Waals surface area (Å²) in [5.41, 5.74) is 3.42. The molecule has 0 bridgehead atoms. The first-order valence-corrected chi connectivity index (χ1v) is 12.1. The van der Waals surface area contributed by atoms with E-state index in [9.17, 15) is 9.90 Å². The first-order chi connectivity index (χ1) is 16.0. The topological polar surface area (TPSA) is 80.0 Å². The summed E-state index contributed by atoms with van der Waals surface area (Å²) in [6.07, 6.45) is 3.02. The van der Waals surface area contributed by atoms with E-state index in [4.69, 9.17) is 9.64 Å². The molecule has 34 heavy (non-hydrogen) atoms. The number of benzene rings is 1. The Balaban J connectivity index is 1.44. The van der Waals surface area contributed by atoms with Crippen LogP contribution in [0.3, 0.4) is 0 Å². The second-order valence-electron chi connectivity index (χ2n) is 10.6. The summed E-state index contributed by atoms with van der Waals surface area (Å²) in [4.78, 5) is 20.2. The lowest BCUT2D eigenvalue weighted by Crippen LogP contribution is -2.49. The highest BCUT2D eigenvalue weighted by atomic mass is 16.5. The molecular weight excluding hydrogens is 427 g/mol. The average Bonchev–Trinajstić information content (AvgIpc) is 3.55. The fourth-order valence-electron chi connectivity index (χ4n) is 4.40. The highest BCUT2D eigenvalue weighted by Crippen LogP contribution is 2.40. The molecule has 1 radical (unpaired) electrons. The van der Waals surface area contributed by atoms with Crippen molar-refractivity contribution in [3.63, 3.8) is 0 Å². The molecule has 3 aromatic rings. The van der Waals surface area contributed by atoms with Crippen LogP contribution in [-0.2, 0) is 11.1 Å². The number of hydrogen-bond donors (Lipinski definition) is 1. The lowest BCUT2D eigenvalue weighted by atomic mass is 9.85. The molecule has 1 atom stereocenters. The minimum absolute atomic E-state index is 0.00567. The Kier molecular flexibility index (Phi) is 5.56. The third-order valence-electron chi connectivity index (χ3n) is 7.49. The maximum Gasteiger partial charge on any atom is 0.354 e. The fraction of sp³-hybridized carbons (Fsp3) is 0.500. The highest BCUT2D eigenvalue weighted by molar-refractivity contribution is 6.46. The molecule has 8 heteroatoms. The van der Waals surface area contributed by atoms with E-state index in [0.29, 0.717) is 29.4 Å². The largest absolute Gasteiger partial charge is 0.425 e. The van der Waals surface area contributed by atoms with Gasteiger partial charge in [-0.1, -0.05) is 24.3 Å². The minimum atomic E-state index is -1.02. The molecule has 0 saturated heterocycles. The lowest BCUT2D eigenvalue weighted by molar-refractivity contribution is -0.0893. The summed E-state index contributed by atoms with van der Waals surface area (Å²) in [5.74, 6) is 0.343. The maximum absolute atomic E-state index is 13.6. The molecular formula is C26H32BN4O3. The lowest BCUT2D eigenvalue weighted by Gasteiger charge is -2.37. The number of rotatable bonds is 6. The molecule has 5 rings (SSSR count). The van der Waals surface area contributed by atoms with Gasteiger partial charge >= 0.3 is 7.48 Å². The molecule has 1 fully saturated rings. The van der Waals surface area contributed by atoms with Gasteiger partial charge in [-0.2, -0.15) is 5.10 Å². The zero-order valence-corrected chi connectivity index (χ0v) is 20.6. The van der Waals surface area contributed by atoms with Crippen LogP contribution in [0.4, 0.5) is 0 Å². The Morgan fingerprint density at radius 1 is 1.18 bits per heavy atom. The van der Waals surface area contributed by atoms with Crippen LogP contribution in [0.2, 0.25) is 0 Å². The first-order valence-electron chi connectivity index (χ1n) is 12.1. The number of carbonyl (C=O) groups excluding carboxylic acids is 1. The van der Waals surface area contributed by atoms with Gasteiger partial charge in [0, 0.05) is 18.2 Å². The molecule has 0 unspecified atom stereocenters. The van der Waals surface area contributed by atoms with E-state index in [1.165, 1.54) is 11.1 Å². The monoisotopic (exact) mass is 459 g/mol. The Hall–Kier alpha value is -2.71. The van der Waals surface area contributed by atoms with Gasteiger partial charge in [-0.25, -0.2) is 9.50 Å². The number of aliphatic hydroxyl groups is 1. The zero-order chi connectivity index (χ0) is 24.3. The van der Waals surface area contributed by atoms with Crippen molar-refractivity contribution in [2.24, 2.45) is 0 Å². The molecule has 1 aliphatic carbocycles. The van der Waals surface area contributed by atoms with Gasteiger partial charge in [0.2, 0.25) is 0 Å². The van der Waals surface area contributed by atoms with Gasteiger partial charge in [0.1, 0.15) is 5.69 Å². The number of nitrogens with zero attached hydrogens (tertiary/aromatic N) is 4. The summed E-state index contributed by atoms with van der Waals surface area (Å²) in [6, 6.07) is 12.1. The van der Waals surface area contributed by atoms with Crippen LogP contribution in [0.1, 0.15) is 86.7 Å². The van der Waals surface area contributed by atoms with Crippen LogP contribution in [0.15, 0.2) is 36.4 Å². The predicted molar refractivity (Wildman–Crippen MR) is 131 cm³/mol. The van der Waals surface area contributed by atoms with Crippen molar-refractivity contribution >= 4 is 24.6 Å². The number of amides is 1. The molecule has 2 aromatic heterocycles. The van der Waals surface area contributed by atoms with Gasteiger partial charge in [0.25, 0.3) is 5.91 Å². The second kappa shape index (κ2) is 8.20. The highest BCUT2D eigenvalue weighted by Gasteiger charge is 2.36. The van der Waals surface area contributed by atoms with E-state index in [0.717, 1.165) is 25.0 Å². The number of hydrogen-bond acceptors (Lipinski definition) is 5. The van der Waals surface area contributed by atoms with Crippen molar-refractivity contribution < 1.29 is 14.6 Å². The van der Waals surface area contributed by atoms with Crippen LogP contribution in [0, 0.1) is 0 Å². The van der Waals surface area contributed by atoms with E-state index in [2.05, 4.69) is 30.2 Å². The molecule has 1 saturated carbocycles. The zero-order valence-electron chi connectivity index (χ0n) is 20.6. The van der Waals surface area contributed by atoms with Crippen molar-refractivity contribution in [2.45, 2.75) is 77.0 Å². The summed E-state index contributed by atoms with van der Waals surface area (Å²) >= 11 is 0. The quantitative estimate of drug-likeness (QED) is 0.573. The van der Waals surface area contributed by atoms with Crippen LogP contribution in [0.5, 0.6) is 0 Å². The second-order valence-corrected chi connectivity index (χ2v) is 10.6. The average molecular weight is 459 g/mol. The summed E-state index contributed by atoms with van der Waals surface area (Å²) < 4.78 is 7.72. The summed E-state index contributed by atoms with van der Waals surface area (Å²) in [5, 5.41) is 15.1. The molecule has 1 N–H and O–H groups in total. The van der Waals surface area contributed by atoms with Crippen LogP contribution < -0.4 is 5.59 Å². The van der Waals surface area contributed by atoms with Crippen LogP contribution >= 0.6 is 0 Å². The van der Waals surface area contributed by atoms with Crippen LogP contribution in [0.25, 0.3) is 5.65 Å². The summed E-state index contributed by atoms with van der Waals surface area (Å²) in [7, 11) is 1.56. The fourth-order valence-corrected chi connectivity index (χ4v) is 4.40. The molecule has 2 aliphatic rings. The summed E-state index contributed by atoms with van der Waals surface area (Å²) in [6.45, 7) is 9.87. The van der Waals surface area contributed by atoms with Crippen molar-refractivity contribution in [1.29, 1.82) is 0 Å². The van der Waals surface area contributed by atoms with Crippen molar-refractivity contribution in [3.05, 3.63) is 58.9 Å². The Morgan fingerprint density at radius 2 is 1.91 bits per heavy atom. The maximum atomic E-state index is 13.6. The molecule has 3 heterocycles. The SMILES string of the molecule is C[C@@H]1c2ccccc2CCN1C(=O)c1cc(C2CC2)n2nc([B]OC(C)(C)C(C)(C)O)cc2n1. The smallest absolute Gasteiger partial charge is 0.354 e. The Morgan fingerprint density at radius 3 is 2.62 bits per heavy atom. The predicted octanol–water partition coefficient (Wildman–Crippen LogP) is 3.18. The molecule has 1 aliphatic heterocycles. The first kappa shape index (κ1) is 23.1. The van der Waals surface area contributed by atoms with Crippen molar-refractivity contribution in [3.8, 4) is 0 Å². The minimum Gasteiger partial charge on any atom is -0.425 e. The van der Waals surface area contributed by atoms with E-state index >= 15 is 0 Å². The molecule has 7 nitrogen and oxygen atoms in total. The third kappa shape index (κ3) is 4.14. The van der Waals surface area contributed by atoms with Gasteiger partial charge in [0.05, 0.1) is 22.8 Å². The van der Waals surface area contributed by atoms with E-state index < -0.39 is 11.2 Å². The van der Waals surface area contributed by atoms with Crippen molar-refractivity contribution in [2.75, 3.05) is 6.54 Å². The van der Waals surface area contributed by atoms with Gasteiger partial charge in [-0.15, -0.1) is 0 Å². The molecule has 0 spiro atoms. The third-order valence-corrected chi connectivity index (χ3v) is 7.49. The van der Waals surface area contributed by atoms with Crippen molar-refractivity contribution in [1.82, 2.24) is 19.5 Å².